The number of carbonyl (C=O) groups excluding carboxylic acids is 2. The number of benzene rings is 2. The highest BCUT2D eigenvalue weighted by molar-refractivity contribution is 6.05. The van der Waals surface area contributed by atoms with E-state index in [0.717, 1.165) is 23.9 Å². The van der Waals surface area contributed by atoms with Gasteiger partial charge in [-0.05, 0) is 41.8 Å². The molecule has 0 bridgehead atoms. The first-order valence-electron chi connectivity index (χ1n) is 8.98. The van der Waals surface area contributed by atoms with E-state index in [0.29, 0.717) is 19.4 Å². The van der Waals surface area contributed by atoms with E-state index in [1.54, 1.807) is 0 Å². The Morgan fingerprint density at radius 3 is 2.48 bits per heavy atom. The highest BCUT2D eigenvalue weighted by Gasteiger charge is 2.20. The maximum atomic E-state index is 12.3. The van der Waals surface area contributed by atoms with Crippen LogP contribution in [0.4, 0.5) is 5.69 Å². The fourth-order valence-electron chi connectivity index (χ4n) is 3.28. The zero-order valence-corrected chi connectivity index (χ0v) is 15.2. The summed E-state index contributed by atoms with van der Waals surface area (Å²) < 4.78 is 0. The van der Waals surface area contributed by atoms with Crippen molar-refractivity contribution in [1.29, 1.82) is 0 Å². The third-order valence-corrected chi connectivity index (χ3v) is 4.70. The Hall–Kier alpha value is -2.36. The maximum Gasteiger partial charge on any atom is 0.225 e. The second-order valence-corrected chi connectivity index (χ2v) is 7.77. The van der Waals surface area contributed by atoms with Gasteiger partial charge in [0.05, 0.1) is 0 Å². The molecular weight excluding hydrogens is 312 g/mol. The molecule has 2 N–H and O–H groups in total. The lowest BCUT2D eigenvalue weighted by Crippen LogP contribution is -2.35. The van der Waals surface area contributed by atoms with E-state index in [1.807, 2.05) is 26.8 Å². The highest BCUT2D eigenvalue weighted by atomic mass is 16.2. The third kappa shape index (κ3) is 3.84. The molecule has 0 unspecified atom stereocenters. The molecule has 0 saturated heterocycles. The fourth-order valence-corrected chi connectivity index (χ4v) is 3.28. The van der Waals surface area contributed by atoms with Crippen LogP contribution in [0.3, 0.4) is 0 Å². The number of nitrogens with one attached hydrogen (secondary N) is 2. The molecular formula is C21H26N2O2. The van der Waals surface area contributed by atoms with Gasteiger partial charge in [-0.3, -0.25) is 9.59 Å². The number of amides is 2. The van der Waals surface area contributed by atoms with E-state index in [4.69, 9.17) is 0 Å². The minimum Gasteiger partial charge on any atom is -0.356 e. The molecule has 0 aliphatic heterocycles. The molecule has 2 aromatic rings. The van der Waals surface area contributed by atoms with Crippen LogP contribution in [0.2, 0.25) is 0 Å². The summed E-state index contributed by atoms with van der Waals surface area (Å²) in [6.07, 6.45) is 3.19. The number of hydrogen-bond acceptors (Lipinski definition) is 2. The lowest BCUT2D eigenvalue weighted by Gasteiger charge is -2.17. The van der Waals surface area contributed by atoms with Gasteiger partial charge in [-0.25, -0.2) is 0 Å². The Labute approximate surface area is 149 Å². The molecule has 4 heteroatoms. The van der Waals surface area contributed by atoms with E-state index < -0.39 is 5.41 Å². The summed E-state index contributed by atoms with van der Waals surface area (Å²) >= 11 is 0. The quantitative estimate of drug-likeness (QED) is 0.814. The summed E-state index contributed by atoms with van der Waals surface area (Å²) in [5, 5.41) is 8.34. The molecule has 0 radical (unpaired) electrons. The van der Waals surface area contributed by atoms with Crippen LogP contribution in [0, 0.1) is 5.41 Å². The van der Waals surface area contributed by atoms with Gasteiger partial charge in [0.15, 0.2) is 0 Å². The van der Waals surface area contributed by atoms with Gasteiger partial charge >= 0.3 is 0 Å². The molecule has 3 rings (SSSR count). The normalized spacial score (nSPS) is 13.1. The molecule has 25 heavy (non-hydrogen) atoms. The Kier molecular flexibility index (Phi) is 4.80. The number of aryl methyl sites for hydroxylation is 2. The van der Waals surface area contributed by atoms with Crippen LogP contribution in [-0.4, -0.2) is 18.4 Å². The van der Waals surface area contributed by atoms with Gasteiger partial charge in [-0.1, -0.05) is 45.0 Å². The molecule has 2 amide bonds. The average Bonchev–Trinajstić information content (AvgIpc) is 2.98. The molecule has 0 saturated carbocycles. The van der Waals surface area contributed by atoms with E-state index in [-0.39, 0.29) is 11.8 Å². The van der Waals surface area contributed by atoms with E-state index in [9.17, 15) is 9.59 Å². The molecule has 0 heterocycles. The maximum absolute atomic E-state index is 12.3. The van der Waals surface area contributed by atoms with Crippen LogP contribution < -0.4 is 10.6 Å². The largest absolute Gasteiger partial charge is 0.356 e. The first-order valence-corrected chi connectivity index (χ1v) is 8.98. The smallest absolute Gasteiger partial charge is 0.225 e. The Morgan fingerprint density at radius 1 is 1.04 bits per heavy atom. The second-order valence-electron chi connectivity index (χ2n) is 7.77. The van der Waals surface area contributed by atoms with Crippen molar-refractivity contribution >= 4 is 28.3 Å². The van der Waals surface area contributed by atoms with Crippen LogP contribution in [-0.2, 0) is 22.4 Å². The summed E-state index contributed by atoms with van der Waals surface area (Å²) in [6.45, 7) is 6.16. The fraction of sp³-hybridized carbons (Fsp3) is 0.429. The molecule has 0 atom stereocenters. The average molecular weight is 338 g/mol. The van der Waals surface area contributed by atoms with Crippen molar-refractivity contribution in [3.05, 3.63) is 41.5 Å². The van der Waals surface area contributed by atoms with Gasteiger partial charge in [-0.15, -0.1) is 0 Å². The van der Waals surface area contributed by atoms with Gasteiger partial charge in [-0.2, -0.15) is 0 Å². The van der Waals surface area contributed by atoms with Gasteiger partial charge < -0.3 is 10.6 Å². The Bertz CT molecular complexity index is 808. The number of anilines is 1. The molecule has 132 valence electrons. The molecule has 1 aliphatic rings. The van der Waals surface area contributed by atoms with Crippen molar-refractivity contribution in [2.24, 2.45) is 5.41 Å². The van der Waals surface area contributed by atoms with Crippen LogP contribution in [0.1, 0.15) is 44.7 Å². The summed E-state index contributed by atoms with van der Waals surface area (Å²) in [6, 6.07) is 10.4. The summed E-state index contributed by atoms with van der Waals surface area (Å²) in [7, 11) is 0. The lowest BCUT2D eigenvalue weighted by atomic mass is 9.96. The van der Waals surface area contributed by atoms with Crippen LogP contribution in [0.25, 0.3) is 10.8 Å². The Morgan fingerprint density at radius 2 is 1.76 bits per heavy atom. The van der Waals surface area contributed by atoms with E-state index in [2.05, 4.69) is 34.9 Å². The topological polar surface area (TPSA) is 58.2 Å². The van der Waals surface area contributed by atoms with Crippen molar-refractivity contribution in [1.82, 2.24) is 5.32 Å². The summed E-state index contributed by atoms with van der Waals surface area (Å²) in [5.74, 6) is 0.00381. The summed E-state index contributed by atoms with van der Waals surface area (Å²) in [4.78, 5) is 24.1. The van der Waals surface area contributed by atoms with Crippen LogP contribution in [0.5, 0.6) is 0 Å². The monoisotopic (exact) mass is 338 g/mol. The number of hydrogen-bond donors (Lipinski definition) is 2. The number of carbonyl (C=O) groups is 2. The molecule has 2 aromatic carbocycles. The van der Waals surface area contributed by atoms with Gasteiger partial charge in [0.1, 0.15) is 0 Å². The standard InChI is InChI=1S/C21H26N2O2/c1-21(2,3)20(25)22-13-5-8-18(24)23-17-12-11-15-10-9-14-6-4-7-16(17)19(14)15/h4,6-7,11-12H,5,8-10,13H2,1-3H3,(H,22,25)(H,23,24). The third-order valence-electron chi connectivity index (χ3n) is 4.70. The molecule has 0 spiro atoms. The SMILES string of the molecule is CC(C)(C)C(=O)NCCCC(=O)Nc1ccc2c3c(cccc13)CC2. The van der Waals surface area contributed by atoms with Gasteiger partial charge in [0.2, 0.25) is 11.8 Å². The first-order chi connectivity index (χ1) is 11.9. The minimum atomic E-state index is -0.396. The minimum absolute atomic E-state index is 0.0105. The van der Waals surface area contributed by atoms with Crippen LogP contribution in [0.15, 0.2) is 30.3 Å². The van der Waals surface area contributed by atoms with Gasteiger partial charge in [0, 0.05) is 29.5 Å². The number of rotatable bonds is 5. The van der Waals surface area contributed by atoms with E-state index in [1.165, 1.54) is 16.5 Å². The molecule has 1 aliphatic carbocycles. The molecule has 0 aromatic heterocycles. The van der Waals surface area contributed by atoms with Crippen molar-refractivity contribution in [2.75, 3.05) is 11.9 Å². The van der Waals surface area contributed by atoms with Crippen molar-refractivity contribution < 1.29 is 9.59 Å². The zero-order valence-electron chi connectivity index (χ0n) is 15.2. The predicted molar refractivity (Wildman–Crippen MR) is 102 cm³/mol. The van der Waals surface area contributed by atoms with Crippen molar-refractivity contribution in [2.45, 2.75) is 46.5 Å². The van der Waals surface area contributed by atoms with Crippen molar-refractivity contribution in [3.63, 3.8) is 0 Å². The zero-order chi connectivity index (χ0) is 18.0. The second kappa shape index (κ2) is 6.87. The van der Waals surface area contributed by atoms with Crippen molar-refractivity contribution in [3.8, 4) is 0 Å². The first kappa shape index (κ1) is 17.5. The summed E-state index contributed by atoms with van der Waals surface area (Å²) in [5.41, 5.74) is 3.22. The van der Waals surface area contributed by atoms with Crippen LogP contribution >= 0.6 is 0 Å². The highest BCUT2D eigenvalue weighted by Crippen LogP contribution is 2.35. The molecule has 4 nitrogen and oxygen atoms in total. The van der Waals surface area contributed by atoms with Gasteiger partial charge in [0.25, 0.3) is 0 Å². The molecule has 0 fully saturated rings. The predicted octanol–water partition coefficient (Wildman–Crippen LogP) is 3.82. The lowest BCUT2D eigenvalue weighted by molar-refractivity contribution is -0.128. The Balaban J connectivity index is 1.58. The van der Waals surface area contributed by atoms with E-state index >= 15 is 0 Å².